The zero-order chi connectivity index (χ0) is 52.5. The number of phenolic OH excluding ortho intramolecular Hbond substituents is 1. The van der Waals surface area contributed by atoms with E-state index in [1.54, 1.807) is 15.3 Å². The number of piperidine rings is 2. The summed E-state index contributed by atoms with van der Waals surface area (Å²) in [4.78, 5) is 65.0. The second-order valence-electron chi connectivity index (χ2n) is 22.4. The van der Waals surface area contributed by atoms with Gasteiger partial charge in [-0.1, -0.05) is 12.0 Å². The molecule has 12 rings (SSSR count). The van der Waals surface area contributed by atoms with Gasteiger partial charge in [0.2, 0.25) is 11.8 Å². The molecular formula is C57H66F2N12O5. The topological polar surface area (TPSA) is 169 Å². The number of imidazole rings is 1. The van der Waals surface area contributed by atoms with Crippen LogP contribution in [-0.4, -0.2) is 159 Å². The third-order valence-corrected chi connectivity index (χ3v) is 17.4. The Balaban J connectivity index is 0.670. The van der Waals surface area contributed by atoms with Gasteiger partial charge < -0.3 is 29.9 Å². The number of likely N-dealkylation sites (tertiary alicyclic amines) is 1. The number of piperazine rings is 2. The largest absolute Gasteiger partial charge is 0.508 e. The molecule has 6 aliphatic heterocycles. The Morgan fingerprint density at radius 2 is 1.58 bits per heavy atom. The van der Waals surface area contributed by atoms with Gasteiger partial charge in [0.05, 0.1) is 22.0 Å². The van der Waals surface area contributed by atoms with Crippen LogP contribution in [0.5, 0.6) is 11.8 Å². The number of amides is 2. The highest BCUT2D eigenvalue weighted by Crippen LogP contribution is 2.40. The summed E-state index contributed by atoms with van der Waals surface area (Å²) in [6, 6.07) is 12.0. The molecule has 0 aliphatic carbocycles. The van der Waals surface area contributed by atoms with E-state index in [2.05, 4.69) is 65.2 Å². The minimum absolute atomic E-state index is 0.0315. The van der Waals surface area contributed by atoms with Crippen LogP contribution in [-0.2, 0) is 9.59 Å². The number of carbonyl (C=O) groups is 2. The second-order valence-corrected chi connectivity index (χ2v) is 22.4. The number of aromatic nitrogens is 5. The van der Waals surface area contributed by atoms with Crippen molar-refractivity contribution in [2.45, 2.75) is 101 Å². The Morgan fingerprint density at radius 1 is 0.842 bits per heavy atom. The van der Waals surface area contributed by atoms with Crippen LogP contribution in [0.3, 0.4) is 0 Å². The van der Waals surface area contributed by atoms with E-state index >= 15 is 8.78 Å². The van der Waals surface area contributed by atoms with E-state index in [4.69, 9.17) is 21.1 Å². The van der Waals surface area contributed by atoms with Gasteiger partial charge in [-0.2, -0.15) is 9.97 Å². The Bertz CT molecular complexity index is 3350. The molecule has 6 saturated heterocycles. The van der Waals surface area contributed by atoms with E-state index in [9.17, 15) is 19.5 Å². The number of hydrogen-bond donors (Lipinski definition) is 3. The van der Waals surface area contributed by atoms with Crippen LogP contribution < -0.4 is 30.9 Å². The first-order valence-corrected chi connectivity index (χ1v) is 27.2. The quantitative estimate of drug-likeness (QED) is 0.0994. The summed E-state index contributed by atoms with van der Waals surface area (Å²) < 4.78 is 42.0. The smallest absolute Gasteiger partial charge is 0.330 e. The maximum absolute atomic E-state index is 17.2. The number of aromatic hydroxyl groups is 1. The number of imide groups is 1. The van der Waals surface area contributed by atoms with Crippen LogP contribution in [0.4, 0.5) is 20.3 Å². The van der Waals surface area contributed by atoms with Crippen molar-refractivity contribution >= 4 is 56.0 Å². The molecule has 5 atom stereocenters. The lowest BCUT2D eigenvalue weighted by Gasteiger charge is -2.40. The third-order valence-electron chi connectivity index (χ3n) is 17.4. The molecule has 9 heterocycles. The number of phenols is 1. The highest BCUT2D eigenvalue weighted by atomic mass is 19.1. The van der Waals surface area contributed by atoms with Gasteiger partial charge in [0.15, 0.2) is 5.82 Å². The summed E-state index contributed by atoms with van der Waals surface area (Å²) in [6.07, 6.45) is 14.1. The molecular weight excluding hydrogens is 971 g/mol. The van der Waals surface area contributed by atoms with E-state index < -0.39 is 23.6 Å². The summed E-state index contributed by atoms with van der Waals surface area (Å²) >= 11 is 0. The van der Waals surface area contributed by atoms with Gasteiger partial charge in [-0.15, -0.1) is 6.42 Å². The number of terminal acetylenes is 1. The number of halogens is 2. The maximum Gasteiger partial charge on any atom is 0.330 e. The molecule has 2 amide bonds. The summed E-state index contributed by atoms with van der Waals surface area (Å²) in [7, 11) is 2.17. The first kappa shape index (κ1) is 50.1. The van der Waals surface area contributed by atoms with Gasteiger partial charge in [0, 0.05) is 125 Å². The number of ether oxygens (including phenoxy) is 1. The Labute approximate surface area is 440 Å². The number of nitrogens with zero attached hydrogens (tertiary/aromatic N) is 10. The Kier molecular flexibility index (Phi) is 13.4. The highest BCUT2D eigenvalue weighted by Gasteiger charge is 2.37. The zero-order valence-electron chi connectivity index (χ0n) is 43.5. The van der Waals surface area contributed by atoms with Crippen molar-refractivity contribution in [2.24, 2.45) is 5.92 Å². The minimum atomic E-state index is -0.736. The normalized spacial score (nSPS) is 24.1. The molecule has 2 bridgehead atoms. The zero-order valence-corrected chi connectivity index (χ0v) is 43.5. The van der Waals surface area contributed by atoms with Crippen molar-refractivity contribution in [3.8, 4) is 35.4 Å². The summed E-state index contributed by atoms with van der Waals surface area (Å²) in [5, 5.41) is 18.0. The van der Waals surface area contributed by atoms with Crippen molar-refractivity contribution < 1.29 is 28.2 Å². The molecule has 0 spiro atoms. The summed E-state index contributed by atoms with van der Waals surface area (Å²) in [6.45, 7) is 13.7. The number of carbonyl (C=O) groups excluding carboxylic acids is 2. The number of likely N-dealkylation sites (N-methyl/N-ethyl adjacent to an activating group) is 1. The van der Waals surface area contributed by atoms with E-state index in [0.717, 1.165) is 108 Å². The molecule has 3 aromatic heterocycles. The van der Waals surface area contributed by atoms with Crippen LogP contribution in [0, 0.1) is 29.9 Å². The molecule has 3 aromatic carbocycles. The maximum atomic E-state index is 17.2. The number of benzene rings is 3. The van der Waals surface area contributed by atoms with Crippen LogP contribution >= 0.6 is 0 Å². The fourth-order valence-electron chi connectivity index (χ4n) is 13.3. The number of fused-ring (bicyclic) bond motifs is 5. The molecule has 6 fully saturated rings. The molecule has 3 N–H and O–H groups in total. The average Bonchev–Trinajstić information content (AvgIpc) is 4.07. The van der Waals surface area contributed by atoms with Gasteiger partial charge in [0.25, 0.3) is 0 Å². The third kappa shape index (κ3) is 9.30. The number of hydrogen-bond acceptors (Lipinski definition) is 14. The van der Waals surface area contributed by atoms with Crippen LogP contribution in [0.1, 0.15) is 82.9 Å². The SMILES string of the molecule is C#Cc1c(F)ccc2cc(O)cc(-c3ncc4c(N5CC6CCC(C5)N6)nc(OC[C@@H]5CC[C@@H](CN6CCN(CC7CCN(c8ccc9c(c8)n(C(C)C)c(=O)n9C8CCC(=O)NC8=O)CC7)CC6)N5C)nc4c3F)c12. The molecule has 6 aromatic rings. The Morgan fingerprint density at radius 3 is 2.30 bits per heavy atom. The average molecular weight is 1040 g/mol. The van der Waals surface area contributed by atoms with Crippen molar-refractivity contribution in [1.82, 2.24) is 49.4 Å². The predicted octanol–water partition coefficient (Wildman–Crippen LogP) is 5.80. The lowest BCUT2D eigenvalue weighted by Crippen LogP contribution is -2.52. The molecule has 17 nitrogen and oxygen atoms in total. The van der Waals surface area contributed by atoms with Crippen LogP contribution in [0.2, 0.25) is 0 Å². The minimum Gasteiger partial charge on any atom is -0.508 e. The fourth-order valence-corrected chi connectivity index (χ4v) is 13.3. The monoisotopic (exact) mass is 1040 g/mol. The van der Waals surface area contributed by atoms with Gasteiger partial charge in [-0.3, -0.25) is 38.8 Å². The first-order valence-electron chi connectivity index (χ1n) is 27.2. The lowest BCUT2D eigenvalue weighted by molar-refractivity contribution is -0.135. The molecule has 76 heavy (non-hydrogen) atoms. The van der Waals surface area contributed by atoms with Gasteiger partial charge in [-0.25, -0.2) is 13.6 Å². The summed E-state index contributed by atoms with van der Waals surface area (Å²) in [5.41, 5.74) is 2.43. The van der Waals surface area contributed by atoms with Crippen molar-refractivity contribution in [1.29, 1.82) is 0 Å². The number of anilines is 2. The van der Waals surface area contributed by atoms with E-state index in [0.29, 0.717) is 54.7 Å². The highest BCUT2D eigenvalue weighted by molar-refractivity contribution is 6.03. The van der Waals surface area contributed by atoms with E-state index in [1.807, 2.05) is 19.9 Å². The first-order chi connectivity index (χ1) is 36.8. The molecule has 3 unspecified atom stereocenters. The number of rotatable bonds is 12. The number of pyridine rings is 1. The lowest BCUT2D eigenvalue weighted by atomic mass is 9.95. The van der Waals surface area contributed by atoms with Crippen molar-refractivity contribution in [3.05, 3.63) is 76.3 Å². The van der Waals surface area contributed by atoms with Crippen LogP contribution in [0.15, 0.2) is 53.5 Å². The molecule has 19 heteroatoms. The van der Waals surface area contributed by atoms with Crippen LogP contribution in [0.25, 0.3) is 44.0 Å². The fraction of sp³-hybridized carbons (Fsp3) is 0.509. The van der Waals surface area contributed by atoms with Gasteiger partial charge in [-0.05, 0) is 114 Å². The van der Waals surface area contributed by atoms with Gasteiger partial charge >= 0.3 is 11.7 Å². The van der Waals surface area contributed by atoms with Crippen molar-refractivity contribution in [3.63, 3.8) is 0 Å². The van der Waals surface area contributed by atoms with Crippen molar-refractivity contribution in [2.75, 3.05) is 88.9 Å². The molecule has 6 aliphatic rings. The van der Waals surface area contributed by atoms with Gasteiger partial charge in [0.1, 0.15) is 41.2 Å². The second kappa shape index (κ2) is 20.3. The summed E-state index contributed by atoms with van der Waals surface area (Å²) in [5.74, 6) is 1.36. The standard InChI is InChI=1S/C57H66F2N12O5/c1-5-42-45(58)12-6-35-24-41(72)26-43(50(35)42)52-51(59)53-44(27-60-52)54(69-29-36-7-8-37(30-69)61-36)64-56(63-53)76-32-40-10-9-39(65(40)4)31-67-22-20-66(21-23-67)28-34-16-18-68(19-17-34)38-11-13-46-48(25-38)70(33(2)3)57(75)71(46)47-14-15-49(73)62-55(47)74/h1,6,11-13,24-27,33-34,36-37,39-40,47,61,72H,7-10,14-23,28-32H2,2-4H3,(H,62,73,74)/t36?,37?,39-,40-,47?/m0/s1. The Hall–Kier alpha value is -6.72. The molecule has 0 saturated carbocycles. The predicted molar refractivity (Wildman–Crippen MR) is 288 cm³/mol. The van der Waals surface area contributed by atoms with E-state index in [-0.39, 0.29) is 81.7 Å². The molecule has 398 valence electrons. The van der Waals surface area contributed by atoms with E-state index in [1.165, 1.54) is 24.3 Å². The number of nitrogens with one attached hydrogen (secondary N) is 2. The molecule has 0 radical (unpaired) electrons.